The van der Waals surface area contributed by atoms with E-state index in [0.29, 0.717) is 0 Å². The monoisotopic (exact) mass is 851 g/mol. The Morgan fingerprint density at radius 1 is 0.209 bits per heavy atom. The molecule has 12 rings (SSSR count). The second kappa shape index (κ2) is 17.3. The van der Waals surface area contributed by atoms with E-state index < -0.39 is 0 Å². The Balaban J connectivity index is 0.875. The van der Waals surface area contributed by atoms with Gasteiger partial charge in [-0.05, 0) is 153 Å². The lowest BCUT2D eigenvalue weighted by Crippen LogP contribution is -2.09. The number of hydrogen-bond donors (Lipinski definition) is 0. The second-order valence-electron chi connectivity index (χ2n) is 17.3. The van der Waals surface area contributed by atoms with Gasteiger partial charge in [0.25, 0.3) is 0 Å². The van der Waals surface area contributed by atoms with Crippen molar-refractivity contribution in [3.8, 4) is 0 Å². The molecule has 0 atom stereocenters. The van der Waals surface area contributed by atoms with Crippen LogP contribution < -0.4 is 4.90 Å². The molecule has 0 bridgehead atoms. The topological polar surface area (TPSA) is 3.24 Å². The van der Waals surface area contributed by atoms with E-state index in [4.69, 9.17) is 0 Å². The van der Waals surface area contributed by atoms with Gasteiger partial charge in [-0.15, -0.1) is 0 Å². The van der Waals surface area contributed by atoms with Crippen LogP contribution in [0.5, 0.6) is 0 Å². The number of nitrogens with zero attached hydrogens (tertiary/aromatic N) is 1. The average Bonchev–Trinajstić information content (AvgIpc) is 3.40. The van der Waals surface area contributed by atoms with Crippen LogP contribution >= 0.6 is 0 Å². The van der Waals surface area contributed by atoms with Gasteiger partial charge < -0.3 is 4.90 Å². The van der Waals surface area contributed by atoms with Crippen LogP contribution in [0.4, 0.5) is 17.1 Å². The molecule has 0 spiro atoms. The summed E-state index contributed by atoms with van der Waals surface area (Å²) in [4.78, 5) is 2.35. The van der Waals surface area contributed by atoms with Crippen LogP contribution in [-0.2, 0) is 0 Å². The summed E-state index contributed by atoms with van der Waals surface area (Å²) in [5, 5.41) is 15.2. The van der Waals surface area contributed by atoms with Gasteiger partial charge in [-0.25, -0.2) is 0 Å². The maximum absolute atomic E-state index is 2.35. The second-order valence-corrected chi connectivity index (χ2v) is 17.3. The van der Waals surface area contributed by atoms with E-state index in [1.54, 1.807) is 0 Å². The Morgan fingerprint density at radius 3 is 0.731 bits per heavy atom. The molecule has 0 aliphatic carbocycles. The molecule has 0 heterocycles. The standard InChI is InChI=1S/C66H45N/c1-4-16-58-49(13-1)43-52(61-19-7-10-22-64(58)61)34-25-46-28-37-55(38-29-46)67(56-39-30-47(31-40-56)26-35-53-44-50-14-2-5-17-59(50)65-23-11-8-20-62(53)65)57-41-32-48(33-42-57)27-36-54-45-51-15-3-6-18-60(51)66-24-12-9-21-63(54)66/h1-45H. The number of benzene rings is 12. The summed E-state index contributed by atoms with van der Waals surface area (Å²) in [6, 6.07) is 85.7. The molecule has 0 aromatic heterocycles. The molecule has 314 valence electrons. The fourth-order valence-electron chi connectivity index (χ4n) is 9.87. The zero-order valence-electron chi connectivity index (χ0n) is 36.9. The van der Waals surface area contributed by atoms with Crippen molar-refractivity contribution < 1.29 is 0 Å². The summed E-state index contributed by atoms with van der Waals surface area (Å²) in [5.74, 6) is 0. The summed E-state index contributed by atoms with van der Waals surface area (Å²) >= 11 is 0. The molecule has 0 fully saturated rings. The molecule has 1 heteroatoms. The molecule has 0 amide bonds. The Kier molecular flexibility index (Phi) is 10.3. The van der Waals surface area contributed by atoms with Crippen molar-refractivity contribution in [3.05, 3.63) is 270 Å². The number of rotatable bonds is 9. The normalized spacial score (nSPS) is 12.0. The summed E-state index contributed by atoms with van der Waals surface area (Å²) in [6.07, 6.45) is 13.4. The van der Waals surface area contributed by atoms with Crippen molar-refractivity contribution >= 4 is 118 Å². The van der Waals surface area contributed by atoms with Crippen molar-refractivity contribution in [1.29, 1.82) is 0 Å². The summed E-state index contributed by atoms with van der Waals surface area (Å²) < 4.78 is 0. The fraction of sp³-hybridized carbons (Fsp3) is 0. The molecule has 0 aliphatic heterocycles. The average molecular weight is 852 g/mol. The van der Waals surface area contributed by atoms with Gasteiger partial charge in [0.2, 0.25) is 0 Å². The predicted octanol–water partition coefficient (Wildman–Crippen LogP) is 18.6. The molecule has 0 radical (unpaired) electrons. The third-order valence-corrected chi connectivity index (χ3v) is 13.2. The SMILES string of the molecule is C(=Cc1cc2ccccc2c2ccccc12)c1ccc(N(c2ccc(C=Cc3cc4ccccc4c4ccccc34)cc2)c2ccc(C=Cc3cc4ccccc4c4ccccc34)cc2)cc1. The minimum Gasteiger partial charge on any atom is -0.311 e. The largest absolute Gasteiger partial charge is 0.311 e. The van der Waals surface area contributed by atoms with Crippen LogP contribution in [0, 0.1) is 0 Å². The summed E-state index contributed by atoms with van der Waals surface area (Å²) in [5.41, 5.74) is 10.3. The van der Waals surface area contributed by atoms with Crippen LogP contribution in [-0.4, -0.2) is 0 Å². The van der Waals surface area contributed by atoms with E-state index in [0.717, 1.165) is 33.8 Å². The highest BCUT2D eigenvalue weighted by atomic mass is 15.1. The van der Waals surface area contributed by atoms with Gasteiger partial charge in [-0.2, -0.15) is 0 Å². The van der Waals surface area contributed by atoms with Crippen LogP contribution in [0.3, 0.4) is 0 Å². The van der Waals surface area contributed by atoms with E-state index in [-0.39, 0.29) is 0 Å². The lowest BCUT2D eigenvalue weighted by Gasteiger charge is -2.26. The molecule has 0 saturated carbocycles. The van der Waals surface area contributed by atoms with E-state index >= 15 is 0 Å². The van der Waals surface area contributed by atoms with Crippen molar-refractivity contribution in [2.45, 2.75) is 0 Å². The maximum atomic E-state index is 2.35. The van der Waals surface area contributed by atoms with E-state index in [2.05, 4.69) is 278 Å². The molecule has 0 saturated heterocycles. The van der Waals surface area contributed by atoms with E-state index in [9.17, 15) is 0 Å². The Morgan fingerprint density at radius 2 is 0.448 bits per heavy atom. The molecule has 1 nitrogen and oxygen atoms in total. The first-order valence-electron chi connectivity index (χ1n) is 23.1. The van der Waals surface area contributed by atoms with Gasteiger partial charge in [0.15, 0.2) is 0 Å². The first-order chi connectivity index (χ1) is 33.2. The number of fused-ring (bicyclic) bond motifs is 9. The van der Waals surface area contributed by atoms with Gasteiger partial charge in [-0.3, -0.25) is 0 Å². The van der Waals surface area contributed by atoms with Gasteiger partial charge in [0.05, 0.1) is 0 Å². The molecule has 0 unspecified atom stereocenters. The molecule has 67 heavy (non-hydrogen) atoms. The summed E-state index contributed by atoms with van der Waals surface area (Å²) in [7, 11) is 0. The highest BCUT2D eigenvalue weighted by Crippen LogP contribution is 2.37. The third kappa shape index (κ3) is 7.73. The maximum Gasteiger partial charge on any atom is 0.0462 e. The van der Waals surface area contributed by atoms with Crippen LogP contribution in [0.2, 0.25) is 0 Å². The van der Waals surface area contributed by atoms with Crippen LogP contribution in [0.1, 0.15) is 33.4 Å². The van der Waals surface area contributed by atoms with Gasteiger partial charge in [0, 0.05) is 17.1 Å². The highest BCUT2D eigenvalue weighted by molar-refractivity contribution is 6.13. The number of hydrogen-bond acceptors (Lipinski definition) is 1. The first-order valence-corrected chi connectivity index (χ1v) is 23.1. The first kappa shape index (κ1) is 39.8. The van der Waals surface area contributed by atoms with Gasteiger partial charge in [-0.1, -0.05) is 218 Å². The molecule has 12 aromatic rings. The molecule has 0 aliphatic rings. The molecular weight excluding hydrogens is 807 g/mol. The van der Waals surface area contributed by atoms with E-state index in [1.165, 1.54) is 81.3 Å². The lowest BCUT2D eigenvalue weighted by atomic mass is 9.96. The van der Waals surface area contributed by atoms with Crippen molar-refractivity contribution in [2.24, 2.45) is 0 Å². The minimum absolute atomic E-state index is 1.09. The molecular formula is C66H45N. The third-order valence-electron chi connectivity index (χ3n) is 13.2. The van der Waals surface area contributed by atoms with Crippen molar-refractivity contribution in [1.82, 2.24) is 0 Å². The molecule has 12 aromatic carbocycles. The highest BCUT2D eigenvalue weighted by Gasteiger charge is 2.14. The quantitative estimate of drug-likeness (QED) is 0.103. The predicted molar refractivity (Wildman–Crippen MR) is 292 cm³/mol. The van der Waals surface area contributed by atoms with E-state index in [1.807, 2.05) is 0 Å². The van der Waals surface area contributed by atoms with Gasteiger partial charge >= 0.3 is 0 Å². The van der Waals surface area contributed by atoms with Crippen LogP contribution in [0.25, 0.3) is 101 Å². The Hall–Kier alpha value is -8.78. The zero-order chi connectivity index (χ0) is 44.5. The Labute approximate surface area is 391 Å². The van der Waals surface area contributed by atoms with Crippen molar-refractivity contribution in [2.75, 3.05) is 4.90 Å². The minimum atomic E-state index is 1.09. The smallest absolute Gasteiger partial charge is 0.0462 e. The summed E-state index contributed by atoms with van der Waals surface area (Å²) in [6.45, 7) is 0. The van der Waals surface area contributed by atoms with Crippen LogP contribution in [0.15, 0.2) is 237 Å². The Bertz CT molecular complexity index is 3480. The lowest BCUT2D eigenvalue weighted by molar-refractivity contribution is 1.28. The van der Waals surface area contributed by atoms with Gasteiger partial charge in [0.1, 0.15) is 0 Å². The van der Waals surface area contributed by atoms with Crippen molar-refractivity contribution in [3.63, 3.8) is 0 Å². The molecule has 0 N–H and O–H groups in total. The number of anilines is 3. The fourth-order valence-corrected chi connectivity index (χ4v) is 9.87. The zero-order valence-corrected chi connectivity index (χ0v) is 36.9.